The number of benzene rings is 1. The third-order valence-electron chi connectivity index (χ3n) is 4.51. The maximum Gasteiger partial charge on any atom is 0.265 e. The summed E-state index contributed by atoms with van der Waals surface area (Å²) < 4.78 is 15.0. The standard InChI is InChI=1S/C17H15ClFN5O2/c18-11-4-3-10(7-12(11)19)15-14-16(22-21-15)20-9-24(17(14)26)8-13(25)23-5-1-2-6-23/h3-4,7,9H,1-2,5-6,8H2,(H,21,22). The minimum absolute atomic E-state index is 0.0136. The second kappa shape index (κ2) is 6.53. The molecule has 0 saturated carbocycles. The number of hydrogen-bond acceptors (Lipinski definition) is 4. The zero-order chi connectivity index (χ0) is 18.3. The minimum Gasteiger partial charge on any atom is -0.341 e. The lowest BCUT2D eigenvalue weighted by Gasteiger charge is -2.15. The molecule has 7 nitrogen and oxygen atoms in total. The van der Waals surface area contributed by atoms with Gasteiger partial charge < -0.3 is 4.90 Å². The van der Waals surface area contributed by atoms with Crippen LogP contribution in [0, 0.1) is 5.82 Å². The number of nitrogens with zero attached hydrogens (tertiary/aromatic N) is 4. The molecule has 1 N–H and O–H groups in total. The molecule has 0 aliphatic carbocycles. The van der Waals surface area contributed by atoms with E-state index in [-0.39, 0.29) is 34.2 Å². The van der Waals surface area contributed by atoms with Crippen molar-refractivity contribution in [3.05, 3.63) is 45.7 Å². The molecule has 3 aromatic rings. The van der Waals surface area contributed by atoms with Gasteiger partial charge in [0.2, 0.25) is 5.91 Å². The Balaban J connectivity index is 1.75. The molecule has 0 unspecified atom stereocenters. The molecule has 1 fully saturated rings. The SMILES string of the molecule is O=C(Cn1cnc2[nH]nc(-c3ccc(Cl)c(F)c3)c2c1=O)N1CCCC1. The summed E-state index contributed by atoms with van der Waals surface area (Å²) in [6.07, 6.45) is 3.28. The molecule has 0 bridgehead atoms. The van der Waals surface area contributed by atoms with Crippen LogP contribution in [-0.4, -0.2) is 43.6 Å². The predicted molar refractivity (Wildman–Crippen MR) is 94.4 cm³/mol. The fourth-order valence-electron chi connectivity index (χ4n) is 3.13. The van der Waals surface area contributed by atoms with Crippen molar-refractivity contribution in [1.29, 1.82) is 0 Å². The van der Waals surface area contributed by atoms with E-state index in [1.165, 1.54) is 23.0 Å². The molecular weight excluding hydrogens is 361 g/mol. The molecule has 1 amide bonds. The quantitative estimate of drug-likeness (QED) is 0.760. The molecular formula is C17H15ClFN5O2. The summed E-state index contributed by atoms with van der Waals surface area (Å²) in [6.45, 7) is 1.34. The molecule has 0 atom stereocenters. The van der Waals surface area contributed by atoms with Crippen LogP contribution in [0.4, 0.5) is 4.39 Å². The van der Waals surface area contributed by atoms with Crippen LogP contribution >= 0.6 is 11.6 Å². The second-order valence-electron chi connectivity index (χ2n) is 6.19. The summed E-state index contributed by atoms with van der Waals surface area (Å²) in [4.78, 5) is 31.1. The molecule has 134 valence electrons. The summed E-state index contributed by atoms with van der Waals surface area (Å²) in [5.74, 6) is -0.720. The van der Waals surface area contributed by atoms with Crippen molar-refractivity contribution < 1.29 is 9.18 Å². The van der Waals surface area contributed by atoms with Gasteiger partial charge in [-0.2, -0.15) is 5.10 Å². The number of aromatic amines is 1. The van der Waals surface area contributed by atoms with E-state index < -0.39 is 11.4 Å². The van der Waals surface area contributed by atoms with Gasteiger partial charge in [-0.25, -0.2) is 9.37 Å². The fourth-order valence-corrected chi connectivity index (χ4v) is 3.25. The van der Waals surface area contributed by atoms with Gasteiger partial charge >= 0.3 is 0 Å². The first kappa shape index (κ1) is 16.7. The third-order valence-corrected chi connectivity index (χ3v) is 4.81. The van der Waals surface area contributed by atoms with Gasteiger partial charge in [-0.05, 0) is 25.0 Å². The number of fused-ring (bicyclic) bond motifs is 1. The first-order valence-corrected chi connectivity index (χ1v) is 8.59. The first-order chi connectivity index (χ1) is 12.5. The molecule has 4 rings (SSSR count). The Bertz CT molecular complexity index is 1050. The van der Waals surface area contributed by atoms with Gasteiger partial charge in [0.15, 0.2) is 5.65 Å². The number of carbonyl (C=O) groups excluding carboxylic acids is 1. The zero-order valence-electron chi connectivity index (χ0n) is 13.7. The van der Waals surface area contributed by atoms with E-state index in [4.69, 9.17) is 11.6 Å². The molecule has 3 heterocycles. The van der Waals surface area contributed by atoms with Crippen molar-refractivity contribution in [2.24, 2.45) is 0 Å². The lowest BCUT2D eigenvalue weighted by Crippen LogP contribution is -2.34. The lowest BCUT2D eigenvalue weighted by atomic mass is 10.1. The Kier molecular flexibility index (Phi) is 4.20. The van der Waals surface area contributed by atoms with Crippen molar-refractivity contribution in [3.63, 3.8) is 0 Å². The van der Waals surface area contributed by atoms with Gasteiger partial charge in [0.05, 0.1) is 5.02 Å². The molecule has 1 aromatic carbocycles. The average molecular weight is 376 g/mol. The van der Waals surface area contributed by atoms with Crippen molar-refractivity contribution >= 4 is 28.5 Å². The number of nitrogens with one attached hydrogen (secondary N) is 1. The maximum absolute atomic E-state index is 13.8. The summed E-state index contributed by atoms with van der Waals surface area (Å²) in [6, 6.07) is 4.19. The molecule has 26 heavy (non-hydrogen) atoms. The highest BCUT2D eigenvalue weighted by Gasteiger charge is 2.21. The highest BCUT2D eigenvalue weighted by molar-refractivity contribution is 6.30. The molecule has 9 heteroatoms. The van der Waals surface area contributed by atoms with Gasteiger partial charge in [-0.15, -0.1) is 0 Å². The molecule has 1 aliphatic heterocycles. The molecule has 1 saturated heterocycles. The van der Waals surface area contributed by atoms with Crippen LogP contribution in [0.5, 0.6) is 0 Å². The maximum atomic E-state index is 13.8. The number of likely N-dealkylation sites (tertiary alicyclic amines) is 1. The largest absolute Gasteiger partial charge is 0.341 e. The fraction of sp³-hybridized carbons (Fsp3) is 0.294. The van der Waals surface area contributed by atoms with Gasteiger partial charge in [0.25, 0.3) is 5.56 Å². The second-order valence-corrected chi connectivity index (χ2v) is 6.60. The van der Waals surface area contributed by atoms with Crippen LogP contribution < -0.4 is 5.56 Å². The Labute approximate surface area is 152 Å². The summed E-state index contributed by atoms with van der Waals surface area (Å²) in [5.41, 5.74) is 0.559. The topological polar surface area (TPSA) is 83.9 Å². The van der Waals surface area contributed by atoms with Crippen LogP contribution in [-0.2, 0) is 11.3 Å². The Morgan fingerprint density at radius 2 is 2.08 bits per heavy atom. The number of carbonyl (C=O) groups is 1. The Morgan fingerprint density at radius 3 is 2.81 bits per heavy atom. The number of H-pyrrole nitrogens is 1. The van der Waals surface area contributed by atoms with Gasteiger partial charge in [0, 0.05) is 18.7 Å². The van der Waals surface area contributed by atoms with Crippen molar-refractivity contribution in [3.8, 4) is 11.3 Å². The van der Waals surface area contributed by atoms with Gasteiger partial charge in [-0.1, -0.05) is 17.7 Å². The normalized spacial score (nSPS) is 14.3. The zero-order valence-corrected chi connectivity index (χ0v) is 14.5. The van der Waals surface area contributed by atoms with Gasteiger partial charge in [0.1, 0.15) is 29.8 Å². The highest BCUT2D eigenvalue weighted by Crippen LogP contribution is 2.26. The Hall–Kier alpha value is -2.74. The monoisotopic (exact) mass is 375 g/mol. The van der Waals surface area contributed by atoms with Crippen LogP contribution in [0.3, 0.4) is 0 Å². The Morgan fingerprint density at radius 1 is 1.31 bits per heavy atom. The lowest BCUT2D eigenvalue weighted by molar-refractivity contribution is -0.130. The van der Waals surface area contributed by atoms with Crippen molar-refractivity contribution in [2.45, 2.75) is 19.4 Å². The summed E-state index contributed by atoms with van der Waals surface area (Å²) in [5, 5.41) is 6.96. The summed E-state index contributed by atoms with van der Waals surface area (Å²) in [7, 11) is 0. The number of hydrogen-bond donors (Lipinski definition) is 1. The smallest absolute Gasteiger partial charge is 0.265 e. The van der Waals surface area contributed by atoms with Crippen LogP contribution in [0.25, 0.3) is 22.3 Å². The minimum atomic E-state index is -0.603. The molecule has 0 radical (unpaired) electrons. The van der Waals surface area contributed by atoms with E-state index in [0.29, 0.717) is 18.7 Å². The van der Waals surface area contributed by atoms with E-state index in [1.54, 1.807) is 11.0 Å². The van der Waals surface area contributed by atoms with E-state index in [0.717, 1.165) is 12.8 Å². The van der Waals surface area contributed by atoms with Crippen LogP contribution in [0.15, 0.2) is 29.3 Å². The summed E-state index contributed by atoms with van der Waals surface area (Å²) >= 11 is 5.71. The van der Waals surface area contributed by atoms with E-state index >= 15 is 0 Å². The number of amides is 1. The third kappa shape index (κ3) is 2.86. The van der Waals surface area contributed by atoms with E-state index in [9.17, 15) is 14.0 Å². The first-order valence-electron chi connectivity index (χ1n) is 8.21. The predicted octanol–water partition coefficient (Wildman–Crippen LogP) is 2.20. The number of aromatic nitrogens is 4. The van der Waals surface area contributed by atoms with Crippen LogP contribution in [0.1, 0.15) is 12.8 Å². The average Bonchev–Trinajstić information content (AvgIpc) is 3.29. The van der Waals surface area contributed by atoms with Crippen molar-refractivity contribution in [1.82, 2.24) is 24.6 Å². The number of rotatable bonds is 3. The number of halogens is 2. The molecule has 0 spiro atoms. The molecule has 2 aromatic heterocycles. The van der Waals surface area contributed by atoms with Crippen LogP contribution in [0.2, 0.25) is 5.02 Å². The molecule has 1 aliphatic rings. The highest BCUT2D eigenvalue weighted by atomic mass is 35.5. The van der Waals surface area contributed by atoms with E-state index in [2.05, 4.69) is 15.2 Å². The van der Waals surface area contributed by atoms with Gasteiger partial charge in [-0.3, -0.25) is 19.3 Å². The van der Waals surface area contributed by atoms with E-state index in [1.807, 2.05) is 0 Å². The van der Waals surface area contributed by atoms with Crippen molar-refractivity contribution in [2.75, 3.05) is 13.1 Å².